The van der Waals surface area contributed by atoms with Crippen LogP contribution in [0.15, 0.2) is 40.9 Å². The van der Waals surface area contributed by atoms with Crippen molar-refractivity contribution in [2.75, 3.05) is 13.7 Å². The van der Waals surface area contributed by atoms with Gasteiger partial charge in [0.05, 0.1) is 19.2 Å². The quantitative estimate of drug-likeness (QED) is 0.865. The van der Waals surface area contributed by atoms with Crippen LogP contribution < -0.4 is 5.32 Å². The third-order valence-electron chi connectivity index (χ3n) is 3.55. The number of nitrogens with zero attached hydrogens (tertiary/aromatic N) is 1. The van der Waals surface area contributed by atoms with Crippen LogP contribution >= 0.6 is 0 Å². The number of benzene rings is 1. The van der Waals surface area contributed by atoms with Gasteiger partial charge in [0.1, 0.15) is 6.04 Å². The number of hydrogen-bond acceptors (Lipinski definition) is 5. The standard InChI is InChI=1S/C15H16N2O3/c1-19-15(18)12-7-11(8-16-12)14-17-9-13(20-14)10-5-3-2-4-6-10/h2-6,9,11-12,16H,7-8H2,1H3/t11-,12+/m1/s1. The molecule has 2 aromatic rings. The summed E-state index contributed by atoms with van der Waals surface area (Å²) >= 11 is 0. The zero-order valence-electron chi connectivity index (χ0n) is 11.2. The number of ether oxygens (including phenoxy) is 1. The van der Waals surface area contributed by atoms with Crippen molar-refractivity contribution in [3.8, 4) is 11.3 Å². The molecule has 1 fully saturated rings. The van der Waals surface area contributed by atoms with Crippen LogP contribution in [-0.4, -0.2) is 30.6 Å². The maximum atomic E-state index is 11.5. The summed E-state index contributed by atoms with van der Waals surface area (Å²) in [5.74, 6) is 1.30. The topological polar surface area (TPSA) is 64.4 Å². The second-order valence-corrected chi connectivity index (χ2v) is 4.85. The van der Waals surface area contributed by atoms with Gasteiger partial charge in [-0.05, 0) is 6.42 Å². The summed E-state index contributed by atoms with van der Waals surface area (Å²) in [6.45, 7) is 0.675. The van der Waals surface area contributed by atoms with E-state index < -0.39 is 0 Å². The smallest absolute Gasteiger partial charge is 0.322 e. The molecule has 0 amide bonds. The predicted octanol–water partition coefficient (Wildman–Crippen LogP) is 1.96. The minimum Gasteiger partial charge on any atom is -0.468 e. The van der Waals surface area contributed by atoms with Crippen molar-refractivity contribution in [1.82, 2.24) is 10.3 Å². The highest BCUT2D eigenvalue weighted by Gasteiger charge is 2.33. The Morgan fingerprint density at radius 1 is 1.40 bits per heavy atom. The molecule has 0 aliphatic carbocycles. The summed E-state index contributed by atoms with van der Waals surface area (Å²) in [6.07, 6.45) is 2.39. The van der Waals surface area contributed by atoms with Crippen LogP contribution in [0.4, 0.5) is 0 Å². The summed E-state index contributed by atoms with van der Waals surface area (Å²) in [7, 11) is 1.40. The Balaban J connectivity index is 1.74. The first kappa shape index (κ1) is 12.9. The summed E-state index contributed by atoms with van der Waals surface area (Å²) in [6, 6.07) is 9.58. The maximum Gasteiger partial charge on any atom is 0.322 e. The van der Waals surface area contributed by atoms with E-state index >= 15 is 0 Å². The maximum absolute atomic E-state index is 11.5. The van der Waals surface area contributed by atoms with Crippen molar-refractivity contribution in [2.45, 2.75) is 18.4 Å². The molecule has 0 unspecified atom stereocenters. The molecule has 104 valence electrons. The van der Waals surface area contributed by atoms with Gasteiger partial charge in [0.2, 0.25) is 0 Å². The fraction of sp³-hybridized carbons (Fsp3) is 0.333. The molecular weight excluding hydrogens is 256 g/mol. The summed E-state index contributed by atoms with van der Waals surface area (Å²) in [5.41, 5.74) is 1.00. The van der Waals surface area contributed by atoms with Gasteiger partial charge >= 0.3 is 5.97 Å². The van der Waals surface area contributed by atoms with Crippen molar-refractivity contribution in [2.24, 2.45) is 0 Å². The van der Waals surface area contributed by atoms with Gasteiger partial charge in [-0.15, -0.1) is 0 Å². The van der Waals surface area contributed by atoms with Crippen LogP contribution in [0.1, 0.15) is 18.2 Å². The van der Waals surface area contributed by atoms with Gasteiger partial charge in [0.25, 0.3) is 0 Å². The second-order valence-electron chi connectivity index (χ2n) is 4.85. The molecule has 2 heterocycles. The van der Waals surface area contributed by atoms with Crippen molar-refractivity contribution in [3.05, 3.63) is 42.4 Å². The zero-order valence-corrected chi connectivity index (χ0v) is 11.2. The number of esters is 1. The van der Waals surface area contributed by atoms with E-state index in [0.717, 1.165) is 11.3 Å². The van der Waals surface area contributed by atoms with Crippen LogP contribution in [0.5, 0.6) is 0 Å². The number of nitrogens with one attached hydrogen (secondary N) is 1. The van der Waals surface area contributed by atoms with Gasteiger partial charge in [-0.25, -0.2) is 4.98 Å². The Hall–Kier alpha value is -2.14. The molecular formula is C15H16N2O3. The molecule has 1 aliphatic heterocycles. The van der Waals surface area contributed by atoms with E-state index in [1.54, 1.807) is 6.20 Å². The molecule has 2 atom stereocenters. The molecule has 1 aromatic heterocycles. The highest BCUT2D eigenvalue weighted by Crippen LogP contribution is 2.29. The Labute approximate surface area is 117 Å². The Morgan fingerprint density at radius 2 is 2.20 bits per heavy atom. The number of hydrogen-bond donors (Lipinski definition) is 1. The third kappa shape index (κ3) is 2.44. The highest BCUT2D eigenvalue weighted by molar-refractivity contribution is 5.76. The molecule has 0 spiro atoms. The van der Waals surface area contributed by atoms with Crippen molar-refractivity contribution >= 4 is 5.97 Å². The highest BCUT2D eigenvalue weighted by atomic mass is 16.5. The fourth-order valence-electron chi connectivity index (χ4n) is 2.46. The molecule has 0 bridgehead atoms. The van der Waals surface area contributed by atoms with Crippen LogP contribution in [0.2, 0.25) is 0 Å². The summed E-state index contributed by atoms with van der Waals surface area (Å²) in [5, 5.41) is 3.13. The minimum absolute atomic E-state index is 0.108. The van der Waals surface area contributed by atoms with E-state index in [1.807, 2.05) is 30.3 Å². The molecule has 5 nitrogen and oxygen atoms in total. The third-order valence-corrected chi connectivity index (χ3v) is 3.55. The zero-order chi connectivity index (χ0) is 13.9. The van der Waals surface area contributed by atoms with Gasteiger partial charge in [-0.1, -0.05) is 30.3 Å². The number of rotatable bonds is 3. The average Bonchev–Trinajstić information content (AvgIpc) is 3.16. The van der Waals surface area contributed by atoms with Crippen LogP contribution in [-0.2, 0) is 9.53 Å². The normalized spacial score (nSPS) is 21.9. The van der Waals surface area contributed by atoms with Crippen LogP contribution in [0.3, 0.4) is 0 Å². The molecule has 3 rings (SSSR count). The molecule has 0 radical (unpaired) electrons. The van der Waals surface area contributed by atoms with E-state index in [2.05, 4.69) is 10.3 Å². The monoisotopic (exact) mass is 272 g/mol. The van der Waals surface area contributed by atoms with Crippen molar-refractivity contribution in [3.63, 3.8) is 0 Å². The first-order valence-electron chi connectivity index (χ1n) is 6.60. The molecule has 1 aromatic carbocycles. The van der Waals surface area contributed by atoms with Crippen LogP contribution in [0, 0.1) is 0 Å². The van der Waals surface area contributed by atoms with E-state index in [0.29, 0.717) is 18.9 Å². The molecule has 5 heteroatoms. The van der Waals surface area contributed by atoms with Gasteiger partial charge in [-0.3, -0.25) is 4.79 Å². The SMILES string of the molecule is COC(=O)[C@@H]1C[C@@H](c2ncc(-c3ccccc3)o2)CN1. The van der Waals surface area contributed by atoms with E-state index in [9.17, 15) is 4.79 Å². The van der Waals surface area contributed by atoms with E-state index in [-0.39, 0.29) is 17.9 Å². The Kier molecular flexibility index (Phi) is 3.52. The second kappa shape index (κ2) is 5.46. The lowest BCUT2D eigenvalue weighted by molar-refractivity contribution is -0.142. The Bertz CT molecular complexity index is 594. The molecule has 20 heavy (non-hydrogen) atoms. The van der Waals surface area contributed by atoms with Crippen molar-refractivity contribution in [1.29, 1.82) is 0 Å². The summed E-state index contributed by atoms with van der Waals surface area (Å²) in [4.78, 5) is 15.8. The van der Waals surface area contributed by atoms with Gasteiger partial charge < -0.3 is 14.5 Å². The lowest BCUT2D eigenvalue weighted by Crippen LogP contribution is -2.31. The first-order chi connectivity index (χ1) is 9.78. The van der Waals surface area contributed by atoms with E-state index in [1.165, 1.54) is 7.11 Å². The Morgan fingerprint density at radius 3 is 2.95 bits per heavy atom. The van der Waals surface area contributed by atoms with Gasteiger partial charge in [-0.2, -0.15) is 0 Å². The number of oxazole rings is 1. The lowest BCUT2D eigenvalue weighted by atomic mass is 10.1. The predicted molar refractivity (Wildman–Crippen MR) is 73.1 cm³/mol. The number of methoxy groups -OCH3 is 1. The van der Waals surface area contributed by atoms with E-state index in [4.69, 9.17) is 9.15 Å². The number of carbonyl (C=O) groups is 1. The lowest BCUT2D eigenvalue weighted by Gasteiger charge is -2.06. The van der Waals surface area contributed by atoms with Crippen LogP contribution in [0.25, 0.3) is 11.3 Å². The largest absolute Gasteiger partial charge is 0.468 e. The van der Waals surface area contributed by atoms with Gasteiger partial charge in [0.15, 0.2) is 11.7 Å². The average molecular weight is 272 g/mol. The molecule has 0 saturated carbocycles. The molecule has 1 aliphatic rings. The molecule has 1 N–H and O–H groups in total. The number of aromatic nitrogens is 1. The molecule has 1 saturated heterocycles. The van der Waals surface area contributed by atoms with Crippen molar-refractivity contribution < 1.29 is 13.9 Å². The minimum atomic E-state index is -0.267. The summed E-state index contributed by atoms with van der Waals surface area (Å²) < 4.78 is 10.6. The first-order valence-corrected chi connectivity index (χ1v) is 6.60. The fourth-order valence-corrected chi connectivity index (χ4v) is 2.46. The number of carbonyl (C=O) groups excluding carboxylic acids is 1. The van der Waals surface area contributed by atoms with Gasteiger partial charge in [0, 0.05) is 12.1 Å².